The topological polar surface area (TPSA) is 78.2 Å². The summed E-state index contributed by atoms with van der Waals surface area (Å²) in [4.78, 5) is 17.6. The lowest BCUT2D eigenvalue weighted by molar-refractivity contribution is 0.370. The number of rotatable bonds is 4. The summed E-state index contributed by atoms with van der Waals surface area (Å²) in [7, 11) is 0. The fourth-order valence-corrected chi connectivity index (χ4v) is 4.10. The molecule has 0 saturated heterocycles. The molecule has 160 valence electrons. The first-order valence-electron chi connectivity index (χ1n) is 10.6. The van der Waals surface area contributed by atoms with Gasteiger partial charge in [-0.3, -0.25) is 4.79 Å². The van der Waals surface area contributed by atoms with E-state index in [4.69, 9.17) is 4.52 Å². The van der Waals surface area contributed by atoms with Crippen LogP contribution in [0.15, 0.2) is 94.5 Å². The normalized spacial score (nSPS) is 11.4. The number of hydrogen-bond donors (Lipinski definition) is 0. The summed E-state index contributed by atoms with van der Waals surface area (Å²) in [5.41, 5.74) is 4.04. The van der Waals surface area contributed by atoms with E-state index in [2.05, 4.69) is 33.4 Å². The van der Waals surface area contributed by atoms with Gasteiger partial charge >= 0.3 is 0 Å². The molecule has 6 rings (SSSR count). The van der Waals surface area contributed by atoms with Crippen LogP contribution in [0.25, 0.3) is 38.9 Å². The van der Waals surface area contributed by atoms with E-state index < -0.39 is 0 Å². The smallest absolute Gasteiger partial charge is 0.277 e. The fourth-order valence-electron chi connectivity index (χ4n) is 4.10. The Morgan fingerprint density at radius 3 is 2.70 bits per heavy atom. The van der Waals surface area contributed by atoms with Crippen LogP contribution in [-0.2, 0) is 6.54 Å². The Bertz CT molecular complexity index is 1690. The average Bonchev–Trinajstić information content (AvgIpc) is 3.48. The van der Waals surface area contributed by atoms with Gasteiger partial charge in [-0.25, -0.2) is 4.52 Å². The minimum atomic E-state index is -0.174. The summed E-state index contributed by atoms with van der Waals surface area (Å²) in [6.45, 7) is 2.19. The Kier molecular flexibility index (Phi) is 4.40. The molecule has 33 heavy (non-hydrogen) atoms. The monoisotopic (exact) mass is 433 g/mol. The maximum absolute atomic E-state index is 13.2. The summed E-state index contributed by atoms with van der Waals surface area (Å²) in [6.07, 6.45) is 3.45. The third kappa shape index (κ3) is 3.40. The summed E-state index contributed by atoms with van der Waals surface area (Å²) >= 11 is 0. The number of nitrogens with zero attached hydrogens (tertiary/aromatic N) is 5. The van der Waals surface area contributed by atoms with Gasteiger partial charge in [-0.2, -0.15) is 10.1 Å². The van der Waals surface area contributed by atoms with Crippen molar-refractivity contribution in [3.8, 4) is 22.6 Å². The summed E-state index contributed by atoms with van der Waals surface area (Å²) in [6, 6.07) is 23.9. The summed E-state index contributed by atoms with van der Waals surface area (Å²) in [5.74, 6) is 0.872. The van der Waals surface area contributed by atoms with Crippen LogP contribution < -0.4 is 5.56 Å². The van der Waals surface area contributed by atoms with E-state index in [1.165, 1.54) is 0 Å². The molecule has 0 radical (unpaired) electrons. The Hall–Kier alpha value is -4.52. The minimum absolute atomic E-state index is 0.174. The van der Waals surface area contributed by atoms with Gasteiger partial charge in [0.2, 0.25) is 11.7 Å². The van der Waals surface area contributed by atoms with E-state index in [0.29, 0.717) is 17.2 Å². The molecule has 0 aliphatic rings. The van der Waals surface area contributed by atoms with Gasteiger partial charge in [0, 0.05) is 23.5 Å². The van der Waals surface area contributed by atoms with Gasteiger partial charge in [-0.1, -0.05) is 71.4 Å². The number of aromatic nitrogens is 5. The van der Waals surface area contributed by atoms with Crippen molar-refractivity contribution in [3.63, 3.8) is 0 Å². The molecule has 0 unspecified atom stereocenters. The van der Waals surface area contributed by atoms with E-state index in [9.17, 15) is 4.79 Å². The molecular formula is C26H19N5O2. The van der Waals surface area contributed by atoms with Gasteiger partial charge in [0.25, 0.3) is 5.56 Å². The average molecular weight is 433 g/mol. The second kappa shape index (κ2) is 7.56. The third-order valence-electron chi connectivity index (χ3n) is 5.72. The van der Waals surface area contributed by atoms with Crippen molar-refractivity contribution in [2.45, 2.75) is 13.5 Å². The van der Waals surface area contributed by atoms with E-state index in [-0.39, 0.29) is 12.1 Å². The maximum Gasteiger partial charge on any atom is 0.277 e. The van der Waals surface area contributed by atoms with Crippen molar-refractivity contribution in [1.29, 1.82) is 0 Å². The van der Waals surface area contributed by atoms with Crippen LogP contribution in [0, 0.1) is 6.92 Å². The third-order valence-corrected chi connectivity index (χ3v) is 5.72. The molecule has 0 atom stereocenters. The zero-order valence-corrected chi connectivity index (χ0v) is 17.8. The van der Waals surface area contributed by atoms with Gasteiger partial charge in [0.05, 0.1) is 5.69 Å². The van der Waals surface area contributed by atoms with E-state index in [0.717, 1.165) is 33.2 Å². The Labute approximate surface area is 188 Å². The van der Waals surface area contributed by atoms with Gasteiger partial charge in [-0.05, 0) is 29.8 Å². The summed E-state index contributed by atoms with van der Waals surface area (Å²) < 4.78 is 8.58. The van der Waals surface area contributed by atoms with Gasteiger partial charge < -0.3 is 9.09 Å². The van der Waals surface area contributed by atoms with Crippen LogP contribution in [-0.4, -0.2) is 24.3 Å². The van der Waals surface area contributed by atoms with Crippen LogP contribution >= 0.6 is 0 Å². The second-order valence-electron chi connectivity index (χ2n) is 8.00. The molecule has 3 heterocycles. The molecule has 0 amide bonds. The first-order chi connectivity index (χ1) is 16.2. The number of hydrogen-bond acceptors (Lipinski definition) is 5. The number of aryl methyl sites for hydroxylation is 1. The van der Waals surface area contributed by atoms with Crippen molar-refractivity contribution in [1.82, 2.24) is 24.3 Å². The molecule has 0 bridgehead atoms. The van der Waals surface area contributed by atoms with Gasteiger partial charge in [-0.15, -0.1) is 0 Å². The first-order valence-corrected chi connectivity index (χ1v) is 10.6. The predicted molar refractivity (Wildman–Crippen MR) is 126 cm³/mol. The zero-order valence-electron chi connectivity index (χ0n) is 17.8. The van der Waals surface area contributed by atoms with Crippen LogP contribution in [0.1, 0.15) is 11.5 Å². The minimum Gasteiger partial charge on any atom is -0.337 e. The molecular weight excluding hydrogens is 414 g/mol. The van der Waals surface area contributed by atoms with Crippen molar-refractivity contribution < 1.29 is 4.52 Å². The number of benzene rings is 3. The Balaban J connectivity index is 1.36. The lowest BCUT2D eigenvalue weighted by Crippen LogP contribution is -2.21. The van der Waals surface area contributed by atoms with Crippen LogP contribution in [0.2, 0.25) is 0 Å². The molecule has 0 fully saturated rings. The first kappa shape index (κ1) is 19.2. The lowest BCUT2D eigenvalue weighted by atomic mass is 10.0. The largest absolute Gasteiger partial charge is 0.337 e. The van der Waals surface area contributed by atoms with Crippen LogP contribution in [0.3, 0.4) is 0 Å². The molecule has 7 nitrogen and oxygen atoms in total. The van der Waals surface area contributed by atoms with E-state index in [1.807, 2.05) is 61.5 Å². The SMILES string of the molecule is Cc1cccc(-c2noc(Cn3ccn4nc(-c5cccc6ccccc56)cc4c3=O)n2)c1. The Morgan fingerprint density at radius 1 is 0.939 bits per heavy atom. The predicted octanol–water partition coefficient (Wildman–Crippen LogP) is 4.72. The zero-order chi connectivity index (χ0) is 22.4. The van der Waals surface area contributed by atoms with Crippen LogP contribution in [0.4, 0.5) is 0 Å². The van der Waals surface area contributed by atoms with Crippen molar-refractivity contribution >= 4 is 16.3 Å². The standard InChI is InChI=1S/C26H19N5O2/c1-17-6-4-9-19(14-17)25-27-24(33-29-25)16-30-12-13-31-23(26(30)32)15-22(28-31)21-11-5-8-18-7-2-3-10-20(18)21/h2-15H,16H2,1H3. The molecule has 3 aromatic carbocycles. The Morgan fingerprint density at radius 2 is 1.79 bits per heavy atom. The highest BCUT2D eigenvalue weighted by Gasteiger charge is 2.14. The van der Waals surface area contributed by atoms with E-state index in [1.54, 1.807) is 21.5 Å². The molecule has 0 aliphatic heterocycles. The molecule has 0 spiro atoms. The summed E-state index contributed by atoms with van der Waals surface area (Å²) in [5, 5.41) is 10.9. The highest BCUT2D eigenvalue weighted by molar-refractivity contribution is 5.96. The molecule has 6 aromatic rings. The van der Waals surface area contributed by atoms with Crippen LogP contribution in [0.5, 0.6) is 0 Å². The van der Waals surface area contributed by atoms with Gasteiger partial charge in [0.1, 0.15) is 12.1 Å². The quantitative estimate of drug-likeness (QED) is 0.402. The van der Waals surface area contributed by atoms with Gasteiger partial charge in [0.15, 0.2) is 0 Å². The van der Waals surface area contributed by atoms with Crippen molar-refractivity contribution in [2.75, 3.05) is 0 Å². The molecule has 3 aromatic heterocycles. The molecule has 7 heteroatoms. The highest BCUT2D eigenvalue weighted by atomic mass is 16.5. The second-order valence-corrected chi connectivity index (χ2v) is 8.00. The lowest BCUT2D eigenvalue weighted by Gasteiger charge is -2.03. The fraction of sp³-hybridized carbons (Fsp3) is 0.0769. The molecule has 0 saturated carbocycles. The number of fused-ring (bicyclic) bond motifs is 2. The van der Waals surface area contributed by atoms with Crippen molar-refractivity contribution in [2.24, 2.45) is 0 Å². The highest BCUT2D eigenvalue weighted by Crippen LogP contribution is 2.28. The molecule has 0 N–H and O–H groups in total. The maximum atomic E-state index is 13.2. The van der Waals surface area contributed by atoms with E-state index >= 15 is 0 Å². The van der Waals surface area contributed by atoms with Crippen molar-refractivity contribution in [3.05, 3.63) is 107 Å². The molecule has 0 aliphatic carbocycles.